The normalized spacial score (nSPS) is 24.8. The van der Waals surface area contributed by atoms with Crippen molar-refractivity contribution in [1.82, 2.24) is 15.1 Å². The highest BCUT2D eigenvalue weighted by molar-refractivity contribution is 5.80. The fourth-order valence-corrected chi connectivity index (χ4v) is 6.16. The molecule has 5 rings (SSSR count). The van der Waals surface area contributed by atoms with Crippen LogP contribution in [0.2, 0.25) is 0 Å². The number of fused-ring (bicyclic) bond motifs is 1. The molecule has 38 heavy (non-hydrogen) atoms. The first kappa shape index (κ1) is 28.4. The average Bonchev–Trinajstić information content (AvgIpc) is 3.58. The minimum atomic E-state index is -5.08. The summed E-state index contributed by atoms with van der Waals surface area (Å²) in [6, 6.07) is 10.5. The molecule has 7 nitrogen and oxygen atoms in total. The predicted molar refractivity (Wildman–Crippen MR) is 135 cm³/mol. The van der Waals surface area contributed by atoms with E-state index in [9.17, 15) is 22.8 Å². The number of carbonyl (C=O) groups is 3. The van der Waals surface area contributed by atoms with Crippen LogP contribution in [0.1, 0.15) is 63.0 Å². The van der Waals surface area contributed by atoms with Crippen molar-refractivity contribution in [2.45, 2.75) is 63.6 Å². The molecular weight excluding hydrogens is 499 g/mol. The van der Waals surface area contributed by atoms with E-state index in [2.05, 4.69) is 39.4 Å². The van der Waals surface area contributed by atoms with Gasteiger partial charge in [0.05, 0.1) is 6.04 Å². The molecule has 1 aromatic carbocycles. The molecule has 2 aliphatic heterocycles. The number of rotatable bonds is 7. The fraction of sp³-hybridized carbons (Fsp3) is 0.679. The lowest BCUT2D eigenvalue weighted by molar-refractivity contribution is -0.192. The van der Waals surface area contributed by atoms with Crippen molar-refractivity contribution in [2.75, 3.05) is 32.7 Å². The van der Waals surface area contributed by atoms with Crippen molar-refractivity contribution in [3.63, 3.8) is 0 Å². The summed E-state index contributed by atoms with van der Waals surface area (Å²) in [6.45, 7) is 5.11. The van der Waals surface area contributed by atoms with Crippen molar-refractivity contribution in [3.8, 4) is 0 Å². The maximum Gasteiger partial charge on any atom is 0.490 e. The first-order chi connectivity index (χ1) is 18.1. The summed E-state index contributed by atoms with van der Waals surface area (Å²) in [5, 5.41) is 10.5. The molecule has 2 aliphatic carbocycles. The number of carboxylic acid groups (broad SMARTS) is 1. The third-order valence-electron chi connectivity index (χ3n) is 8.55. The van der Waals surface area contributed by atoms with Gasteiger partial charge < -0.3 is 20.2 Å². The van der Waals surface area contributed by atoms with Crippen LogP contribution in [-0.4, -0.2) is 71.6 Å². The third-order valence-corrected chi connectivity index (χ3v) is 8.55. The maximum atomic E-state index is 12.8. The van der Waals surface area contributed by atoms with Gasteiger partial charge in [-0.1, -0.05) is 49.6 Å². The Morgan fingerprint density at radius 2 is 1.45 bits per heavy atom. The molecule has 2 N–H and O–H groups in total. The van der Waals surface area contributed by atoms with Crippen molar-refractivity contribution in [2.24, 2.45) is 23.7 Å². The molecule has 0 aromatic heterocycles. The lowest BCUT2D eigenvalue weighted by Crippen LogP contribution is -2.40. The molecule has 10 heteroatoms. The number of halogens is 3. The van der Waals surface area contributed by atoms with E-state index < -0.39 is 12.1 Å². The number of amides is 2. The smallest absolute Gasteiger partial charge is 0.475 e. The Hall–Kier alpha value is -2.62. The van der Waals surface area contributed by atoms with Crippen LogP contribution in [0.5, 0.6) is 0 Å². The van der Waals surface area contributed by atoms with Gasteiger partial charge >= 0.3 is 12.1 Å². The molecule has 210 valence electrons. The van der Waals surface area contributed by atoms with Gasteiger partial charge in [0.1, 0.15) is 0 Å². The molecule has 2 saturated heterocycles. The largest absolute Gasteiger partial charge is 0.490 e. The minimum Gasteiger partial charge on any atom is -0.475 e. The van der Waals surface area contributed by atoms with E-state index >= 15 is 0 Å². The Morgan fingerprint density at radius 1 is 0.895 bits per heavy atom. The molecule has 0 radical (unpaired) electrons. The molecule has 2 amide bonds. The molecule has 2 unspecified atom stereocenters. The highest BCUT2D eigenvalue weighted by Gasteiger charge is 2.43. The van der Waals surface area contributed by atoms with E-state index in [-0.39, 0.29) is 17.9 Å². The zero-order valence-electron chi connectivity index (χ0n) is 21.7. The minimum absolute atomic E-state index is 0.0893. The van der Waals surface area contributed by atoms with E-state index in [0.717, 1.165) is 64.8 Å². The van der Waals surface area contributed by atoms with Gasteiger partial charge in [-0.05, 0) is 49.5 Å². The van der Waals surface area contributed by atoms with Gasteiger partial charge in [0.2, 0.25) is 11.8 Å². The van der Waals surface area contributed by atoms with Crippen molar-refractivity contribution in [3.05, 3.63) is 35.9 Å². The zero-order chi connectivity index (χ0) is 27.3. The van der Waals surface area contributed by atoms with E-state index in [1.54, 1.807) is 0 Å². The first-order valence-corrected chi connectivity index (χ1v) is 13.8. The molecule has 2 heterocycles. The monoisotopic (exact) mass is 537 g/mol. The standard InChI is InChI=1S/C26H37N3O2.C2HF3O2/c30-25(20-9-4-5-10-20)27-24(19-7-2-1-3-8-19)13-14-28-15-22-17-29(18-23(22)16-28)26(31)21-11-6-12-21;3-2(4,5)1(6)7/h1-3,7-8,20-24H,4-6,9-18H2,(H,27,30);(H,6,7)/t22-,23?,24?;/m0./s1. The topological polar surface area (TPSA) is 90.0 Å². The van der Waals surface area contributed by atoms with Gasteiger partial charge in [-0.3, -0.25) is 9.59 Å². The van der Waals surface area contributed by atoms with E-state index in [4.69, 9.17) is 9.90 Å². The quantitative estimate of drug-likeness (QED) is 0.543. The summed E-state index contributed by atoms with van der Waals surface area (Å²) >= 11 is 0. The summed E-state index contributed by atoms with van der Waals surface area (Å²) in [6.07, 6.45) is 3.75. The highest BCUT2D eigenvalue weighted by Crippen LogP contribution is 2.35. The van der Waals surface area contributed by atoms with Crippen LogP contribution in [0.3, 0.4) is 0 Å². The summed E-state index contributed by atoms with van der Waals surface area (Å²) in [7, 11) is 0. The van der Waals surface area contributed by atoms with Gasteiger partial charge in [0.25, 0.3) is 0 Å². The molecule has 4 aliphatic rings. The van der Waals surface area contributed by atoms with Crippen molar-refractivity contribution >= 4 is 17.8 Å². The average molecular weight is 538 g/mol. The van der Waals surface area contributed by atoms with Gasteiger partial charge in [0, 0.05) is 44.6 Å². The van der Waals surface area contributed by atoms with Crippen LogP contribution < -0.4 is 5.32 Å². The Balaban J connectivity index is 0.000000426. The van der Waals surface area contributed by atoms with Gasteiger partial charge in [-0.15, -0.1) is 0 Å². The second-order valence-electron chi connectivity index (χ2n) is 11.2. The number of carboxylic acids is 1. The number of hydrogen-bond donors (Lipinski definition) is 2. The van der Waals surface area contributed by atoms with Gasteiger partial charge in [0.15, 0.2) is 0 Å². The van der Waals surface area contributed by atoms with Crippen LogP contribution in [0.25, 0.3) is 0 Å². The predicted octanol–water partition coefficient (Wildman–Crippen LogP) is 4.25. The lowest BCUT2D eigenvalue weighted by atomic mass is 9.84. The summed E-state index contributed by atoms with van der Waals surface area (Å²) in [5.41, 5.74) is 1.21. The van der Waals surface area contributed by atoms with Crippen LogP contribution in [-0.2, 0) is 14.4 Å². The Labute approximate surface area is 221 Å². The first-order valence-electron chi connectivity index (χ1n) is 13.8. The van der Waals surface area contributed by atoms with E-state index in [0.29, 0.717) is 23.7 Å². The molecule has 0 bridgehead atoms. The van der Waals surface area contributed by atoms with Crippen molar-refractivity contribution in [1.29, 1.82) is 0 Å². The highest BCUT2D eigenvalue weighted by atomic mass is 19.4. The summed E-state index contributed by atoms with van der Waals surface area (Å²) in [4.78, 5) is 39.0. The second-order valence-corrected chi connectivity index (χ2v) is 11.2. The second kappa shape index (κ2) is 12.5. The Kier molecular flexibility index (Phi) is 9.33. The van der Waals surface area contributed by atoms with Crippen LogP contribution in [0, 0.1) is 23.7 Å². The number of nitrogens with one attached hydrogen (secondary N) is 1. The Bertz CT molecular complexity index is 950. The molecule has 0 spiro atoms. The molecular formula is C28H38F3N3O4. The van der Waals surface area contributed by atoms with E-state index in [1.807, 2.05) is 6.07 Å². The molecule has 1 aromatic rings. The SMILES string of the molecule is O=C(NC(CCN1CC2CN(C(=O)C3CCC3)C[C@@H]2C1)c1ccccc1)C1CCCC1.O=C(O)C(F)(F)F. The number of carbonyl (C=O) groups excluding carboxylic acids is 2. The van der Waals surface area contributed by atoms with Crippen LogP contribution in [0.15, 0.2) is 30.3 Å². The molecule has 3 atom stereocenters. The number of likely N-dealkylation sites (tertiary alicyclic amines) is 2. The third kappa shape index (κ3) is 7.27. The summed E-state index contributed by atoms with van der Waals surface area (Å²) < 4.78 is 31.7. The number of alkyl halides is 3. The van der Waals surface area contributed by atoms with Gasteiger partial charge in [-0.25, -0.2) is 4.79 Å². The number of hydrogen-bond acceptors (Lipinski definition) is 4. The number of nitrogens with zero attached hydrogens (tertiary/aromatic N) is 2. The molecule has 2 saturated carbocycles. The maximum absolute atomic E-state index is 12.8. The lowest BCUT2D eigenvalue weighted by Gasteiger charge is -2.30. The van der Waals surface area contributed by atoms with E-state index in [1.165, 1.54) is 24.8 Å². The van der Waals surface area contributed by atoms with Crippen molar-refractivity contribution < 1.29 is 32.7 Å². The fourth-order valence-electron chi connectivity index (χ4n) is 6.16. The zero-order valence-corrected chi connectivity index (χ0v) is 21.7. The van der Waals surface area contributed by atoms with Crippen LogP contribution >= 0.6 is 0 Å². The summed E-state index contributed by atoms with van der Waals surface area (Å²) in [5.74, 6) is -0.297. The number of benzene rings is 1. The van der Waals surface area contributed by atoms with Gasteiger partial charge in [-0.2, -0.15) is 13.2 Å². The molecule has 4 fully saturated rings. The Morgan fingerprint density at radius 3 is 1.95 bits per heavy atom. The number of aliphatic carboxylic acids is 1. The van der Waals surface area contributed by atoms with Crippen LogP contribution in [0.4, 0.5) is 13.2 Å².